The van der Waals surface area contributed by atoms with Crippen molar-refractivity contribution in [1.82, 2.24) is 9.71 Å². The maximum atomic E-state index is 12.1. The fraction of sp³-hybridized carbons (Fsp3) is 0. The number of anilines is 2. The van der Waals surface area contributed by atoms with Gasteiger partial charge in [0, 0.05) is 29.1 Å². The van der Waals surface area contributed by atoms with Crippen LogP contribution in [-0.4, -0.2) is 32.4 Å². The fourth-order valence-corrected chi connectivity index (χ4v) is 2.91. The Kier molecular flexibility index (Phi) is 4.58. The van der Waals surface area contributed by atoms with Gasteiger partial charge in [0.15, 0.2) is 5.82 Å². The van der Waals surface area contributed by atoms with E-state index < -0.39 is 0 Å². The number of para-hydroxylation sites is 1. The zero-order chi connectivity index (χ0) is 20.4. The molecule has 4 aromatic rings. The third kappa shape index (κ3) is 3.72. The van der Waals surface area contributed by atoms with E-state index >= 15 is 0 Å². The molecule has 0 aliphatic carbocycles. The molecule has 4 rings (SSSR count). The lowest BCUT2D eigenvalue weighted by atomic mass is 10.2. The molecule has 1 heterocycles. The number of nitrogens with zero attached hydrogens (tertiary/aromatic N) is 3. The standard InChI is InChI=1S/C21H17N5O3/c1-25(28)17-11-12-18-19(13-17)26(29)20(24-18)14-7-9-16(10-8-14)23-21(27)22-15-5-3-2-4-6-15/h2-13,29H,1H2,(H2,22,23,27). The predicted octanol–water partition coefficient (Wildman–Crippen LogP) is 4.43. The highest BCUT2D eigenvalue weighted by Crippen LogP contribution is 2.27. The fourth-order valence-electron chi connectivity index (χ4n) is 2.91. The monoisotopic (exact) mass is 387 g/mol. The SMILES string of the molecule is C=[N+]([O-])c1ccc2nc(-c3ccc(NC(=O)Nc4ccccc4)cc3)n(O)c2c1. The smallest absolute Gasteiger partial charge is 0.323 e. The topological polar surface area (TPSA) is 105 Å². The van der Waals surface area contributed by atoms with Crippen LogP contribution in [0, 0.1) is 5.21 Å². The van der Waals surface area contributed by atoms with Crippen LogP contribution < -0.4 is 10.6 Å². The molecule has 3 N–H and O–H groups in total. The Bertz CT molecular complexity index is 1200. The number of hydrogen-bond acceptors (Lipinski definition) is 4. The molecule has 0 saturated heterocycles. The number of carbonyl (C=O) groups is 1. The molecule has 8 heteroatoms. The normalized spacial score (nSPS) is 10.6. The first-order valence-corrected chi connectivity index (χ1v) is 8.74. The van der Waals surface area contributed by atoms with Crippen LogP contribution in [0.15, 0.2) is 72.8 Å². The molecule has 0 fully saturated rings. The minimum Gasteiger partial charge on any atom is -0.619 e. The molecule has 0 radical (unpaired) electrons. The molecular formula is C21H17N5O3. The van der Waals surface area contributed by atoms with Gasteiger partial charge in [0.1, 0.15) is 12.2 Å². The van der Waals surface area contributed by atoms with Gasteiger partial charge in [0.05, 0.1) is 5.52 Å². The van der Waals surface area contributed by atoms with Gasteiger partial charge in [-0.2, -0.15) is 9.47 Å². The number of amides is 2. The first kappa shape index (κ1) is 18.1. The lowest BCUT2D eigenvalue weighted by Crippen LogP contribution is -2.19. The van der Waals surface area contributed by atoms with Gasteiger partial charge in [-0.25, -0.2) is 9.78 Å². The average molecular weight is 387 g/mol. The number of imidazole rings is 1. The van der Waals surface area contributed by atoms with E-state index in [9.17, 15) is 15.2 Å². The Labute approximate surface area is 165 Å². The van der Waals surface area contributed by atoms with Gasteiger partial charge >= 0.3 is 6.03 Å². The molecule has 29 heavy (non-hydrogen) atoms. The minimum absolute atomic E-state index is 0.309. The molecule has 144 valence electrons. The summed E-state index contributed by atoms with van der Waals surface area (Å²) >= 11 is 0. The van der Waals surface area contributed by atoms with Gasteiger partial charge in [-0.15, -0.1) is 0 Å². The van der Waals surface area contributed by atoms with Crippen LogP contribution >= 0.6 is 0 Å². The molecule has 0 aliphatic rings. The van der Waals surface area contributed by atoms with E-state index in [0.29, 0.717) is 44.2 Å². The number of aromatic nitrogens is 2. The maximum Gasteiger partial charge on any atom is 0.323 e. The van der Waals surface area contributed by atoms with Gasteiger partial charge in [0.25, 0.3) is 0 Å². The number of rotatable bonds is 4. The summed E-state index contributed by atoms with van der Waals surface area (Å²) in [5, 5.41) is 27.3. The van der Waals surface area contributed by atoms with Gasteiger partial charge in [-0.3, -0.25) is 0 Å². The maximum absolute atomic E-state index is 12.1. The quantitative estimate of drug-likeness (QED) is 0.158. The summed E-state index contributed by atoms with van der Waals surface area (Å²) in [5.74, 6) is 0.318. The molecule has 2 amide bonds. The largest absolute Gasteiger partial charge is 0.619 e. The number of benzene rings is 3. The molecule has 8 nitrogen and oxygen atoms in total. The summed E-state index contributed by atoms with van der Waals surface area (Å²) in [6, 6.07) is 20.4. The third-order valence-electron chi connectivity index (χ3n) is 4.33. The second kappa shape index (κ2) is 7.35. The summed E-state index contributed by atoms with van der Waals surface area (Å²) in [6.45, 7) is 3.30. The molecule has 0 spiro atoms. The number of hydrogen-bond donors (Lipinski definition) is 3. The Morgan fingerprint density at radius 1 is 1.00 bits per heavy atom. The van der Waals surface area contributed by atoms with Crippen molar-refractivity contribution in [1.29, 1.82) is 0 Å². The summed E-state index contributed by atoms with van der Waals surface area (Å²) in [6.07, 6.45) is 0. The van der Waals surface area contributed by atoms with Crippen LogP contribution in [-0.2, 0) is 0 Å². The summed E-state index contributed by atoms with van der Waals surface area (Å²) in [4.78, 5) is 16.5. The molecule has 0 aliphatic heterocycles. The van der Waals surface area contributed by atoms with Gasteiger partial charge in [-0.1, -0.05) is 18.2 Å². The highest BCUT2D eigenvalue weighted by Gasteiger charge is 2.14. The van der Waals surface area contributed by atoms with Crippen molar-refractivity contribution in [2.24, 2.45) is 0 Å². The van der Waals surface area contributed by atoms with Crippen LogP contribution in [0.5, 0.6) is 0 Å². The van der Waals surface area contributed by atoms with E-state index in [1.165, 1.54) is 6.07 Å². The van der Waals surface area contributed by atoms with Crippen molar-refractivity contribution in [3.05, 3.63) is 78.0 Å². The van der Waals surface area contributed by atoms with Crippen LogP contribution in [0.4, 0.5) is 21.9 Å². The first-order chi connectivity index (χ1) is 14.0. The molecule has 3 aromatic carbocycles. The number of nitrogens with one attached hydrogen (secondary N) is 2. The molecule has 1 aromatic heterocycles. The van der Waals surface area contributed by atoms with E-state index in [1.54, 1.807) is 48.5 Å². The lowest BCUT2D eigenvalue weighted by Gasteiger charge is -2.08. The Balaban J connectivity index is 1.54. The van der Waals surface area contributed by atoms with E-state index in [1.807, 2.05) is 18.2 Å². The minimum atomic E-state index is -0.360. The van der Waals surface area contributed by atoms with Gasteiger partial charge in [0.2, 0.25) is 5.69 Å². The number of urea groups is 1. The van der Waals surface area contributed by atoms with E-state index in [-0.39, 0.29) is 6.03 Å². The van der Waals surface area contributed by atoms with Crippen LogP contribution in [0.3, 0.4) is 0 Å². The van der Waals surface area contributed by atoms with Crippen LogP contribution in [0.2, 0.25) is 0 Å². The molecule has 0 atom stereocenters. The Morgan fingerprint density at radius 2 is 1.66 bits per heavy atom. The zero-order valence-electron chi connectivity index (χ0n) is 15.2. The summed E-state index contributed by atoms with van der Waals surface area (Å²) in [7, 11) is 0. The Hall–Kier alpha value is -4.33. The second-order valence-corrected chi connectivity index (χ2v) is 6.32. The zero-order valence-corrected chi connectivity index (χ0v) is 15.2. The van der Waals surface area contributed by atoms with E-state index in [4.69, 9.17) is 0 Å². The first-order valence-electron chi connectivity index (χ1n) is 8.74. The summed E-state index contributed by atoms with van der Waals surface area (Å²) in [5.41, 5.74) is 3.16. The number of fused-ring (bicyclic) bond motifs is 1. The lowest BCUT2D eigenvalue weighted by molar-refractivity contribution is -0.349. The average Bonchev–Trinajstić information content (AvgIpc) is 3.05. The second-order valence-electron chi connectivity index (χ2n) is 6.32. The molecule has 0 saturated carbocycles. The van der Waals surface area contributed by atoms with Gasteiger partial charge in [-0.05, 0) is 42.5 Å². The van der Waals surface area contributed by atoms with Crippen molar-refractivity contribution in [3.8, 4) is 11.4 Å². The third-order valence-corrected chi connectivity index (χ3v) is 4.33. The van der Waals surface area contributed by atoms with Crippen LogP contribution in [0.1, 0.15) is 0 Å². The predicted molar refractivity (Wildman–Crippen MR) is 112 cm³/mol. The van der Waals surface area contributed by atoms with E-state index in [2.05, 4.69) is 22.3 Å². The van der Waals surface area contributed by atoms with Crippen LogP contribution in [0.25, 0.3) is 22.4 Å². The van der Waals surface area contributed by atoms with Crippen molar-refractivity contribution in [3.63, 3.8) is 0 Å². The van der Waals surface area contributed by atoms with E-state index in [0.717, 1.165) is 4.73 Å². The summed E-state index contributed by atoms with van der Waals surface area (Å²) < 4.78 is 1.39. The van der Waals surface area contributed by atoms with Crippen molar-refractivity contribution in [2.45, 2.75) is 0 Å². The highest BCUT2D eigenvalue weighted by atomic mass is 16.5. The van der Waals surface area contributed by atoms with Crippen molar-refractivity contribution < 1.29 is 14.7 Å². The molecular weight excluding hydrogens is 370 g/mol. The number of carbonyl (C=O) groups excluding carboxylic acids is 1. The van der Waals surface area contributed by atoms with Gasteiger partial charge < -0.3 is 21.0 Å². The van der Waals surface area contributed by atoms with Crippen molar-refractivity contribution in [2.75, 3.05) is 10.6 Å². The molecule has 0 bridgehead atoms. The Morgan fingerprint density at radius 3 is 2.31 bits per heavy atom. The van der Waals surface area contributed by atoms with Crippen molar-refractivity contribution >= 4 is 40.8 Å². The molecule has 0 unspecified atom stereocenters. The highest BCUT2D eigenvalue weighted by molar-refractivity contribution is 5.99.